The monoisotopic (exact) mass is 251 g/mol. The van der Waals surface area contributed by atoms with Crippen molar-refractivity contribution in [2.24, 2.45) is 0 Å². The molecule has 5 heteroatoms. The molecule has 0 aromatic carbocycles. The van der Waals surface area contributed by atoms with Crippen molar-refractivity contribution in [3.63, 3.8) is 0 Å². The van der Waals surface area contributed by atoms with Crippen LogP contribution in [0.15, 0.2) is 10.9 Å². The maximum atomic E-state index is 11.9. The zero-order chi connectivity index (χ0) is 11.6. The topological polar surface area (TPSA) is 38.1 Å². The molecule has 4 heterocycles. The zero-order valence-electron chi connectivity index (χ0n) is 9.53. The fourth-order valence-corrected chi connectivity index (χ4v) is 4.20. The van der Waals surface area contributed by atoms with E-state index in [0.717, 1.165) is 12.4 Å². The molecule has 17 heavy (non-hydrogen) atoms. The lowest BCUT2D eigenvalue weighted by Gasteiger charge is -2.40. The summed E-state index contributed by atoms with van der Waals surface area (Å²) >= 11 is 5.92. The van der Waals surface area contributed by atoms with Crippen LogP contribution in [0.5, 0.6) is 0 Å². The number of nitrogens with zero attached hydrogens (tertiary/aromatic N) is 3. The van der Waals surface area contributed by atoms with Gasteiger partial charge in [0.15, 0.2) is 0 Å². The molecule has 0 saturated carbocycles. The standard InChI is InChI=1S/C12H14ClN3O/c13-9-6-10-15(11(17)14-9)7-12-4-1-2-8(3-5-12)16(10)12/h6,8H,1-5,7H2. The zero-order valence-corrected chi connectivity index (χ0v) is 10.3. The maximum absolute atomic E-state index is 11.9. The molecule has 2 saturated heterocycles. The van der Waals surface area contributed by atoms with Crippen LogP contribution in [-0.4, -0.2) is 21.1 Å². The molecule has 90 valence electrons. The third-order valence-electron chi connectivity index (χ3n) is 4.66. The summed E-state index contributed by atoms with van der Waals surface area (Å²) in [6.07, 6.45) is 6.19. The van der Waals surface area contributed by atoms with Crippen LogP contribution >= 0.6 is 11.6 Å². The molecule has 2 bridgehead atoms. The highest BCUT2D eigenvalue weighted by molar-refractivity contribution is 6.29. The fourth-order valence-electron chi connectivity index (χ4n) is 4.03. The van der Waals surface area contributed by atoms with Gasteiger partial charge in [0.25, 0.3) is 0 Å². The Balaban J connectivity index is 1.95. The normalized spacial score (nSPS) is 33.7. The summed E-state index contributed by atoms with van der Waals surface area (Å²) in [5.74, 6) is 0.997. The third kappa shape index (κ3) is 1.14. The number of rotatable bonds is 0. The summed E-state index contributed by atoms with van der Waals surface area (Å²) < 4.78 is 1.81. The summed E-state index contributed by atoms with van der Waals surface area (Å²) in [5, 5.41) is 0.322. The van der Waals surface area contributed by atoms with Crippen molar-refractivity contribution < 1.29 is 0 Å². The summed E-state index contributed by atoms with van der Waals surface area (Å²) in [7, 11) is 0. The lowest BCUT2D eigenvalue weighted by Crippen LogP contribution is -2.48. The van der Waals surface area contributed by atoms with Crippen molar-refractivity contribution in [3.8, 4) is 0 Å². The molecule has 0 spiro atoms. The molecular weight excluding hydrogens is 238 g/mol. The first-order valence-electron chi connectivity index (χ1n) is 6.26. The van der Waals surface area contributed by atoms with E-state index in [4.69, 9.17) is 11.6 Å². The molecule has 0 radical (unpaired) electrons. The molecule has 0 aliphatic carbocycles. The highest BCUT2D eigenvalue weighted by Crippen LogP contribution is 2.51. The van der Waals surface area contributed by atoms with E-state index in [2.05, 4.69) is 9.88 Å². The van der Waals surface area contributed by atoms with E-state index in [0.29, 0.717) is 11.2 Å². The Hall–Kier alpha value is -1.03. The summed E-state index contributed by atoms with van der Waals surface area (Å²) in [6.45, 7) is 0.807. The second kappa shape index (κ2) is 3.05. The van der Waals surface area contributed by atoms with E-state index in [1.807, 2.05) is 10.6 Å². The average molecular weight is 252 g/mol. The first-order chi connectivity index (χ1) is 8.20. The Bertz CT molecular complexity index is 551. The smallest absolute Gasteiger partial charge is 0.347 e. The Morgan fingerprint density at radius 2 is 2.29 bits per heavy atom. The molecular formula is C12H14ClN3O. The molecule has 4 rings (SSSR count). The van der Waals surface area contributed by atoms with E-state index >= 15 is 0 Å². The van der Waals surface area contributed by atoms with Gasteiger partial charge in [-0.15, -0.1) is 0 Å². The van der Waals surface area contributed by atoms with Crippen molar-refractivity contribution in [1.82, 2.24) is 9.55 Å². The predicted octanol–water partition coefficient (Wildman–Crippen LogP) is 1.80. The number of hydrogen-bond donors (Lipinski definition) is 0. The van der Waals surface area contributed by atoms with E-state index in [9.17, 15) is 4.79 Å². The minimum Gasteiger partial charge on any atom is -0.347 e. The minimum atomic E-state index is -0.193. The Morgan fingerprint density at radius 3 is 3.18 bits per heavy atom. The van der Waals surface area contributed by atoms with Gasteiger partial charge in [-0.25, -0.2) is 4.79 Å². The van der Waals surface area contributed by atoms with Crippen LogP contribution in [0.25, 0.3) is 0 Å². The van der Waals surface area contributed by atoms with Gasteiger partial charge in [-0.1, -0.05) is 11.6 Å². The highest BCUT2D eigenvalue weighted by Gasteiger charge is 2.53. The predicted molar refractivity (Wildman–Crippen MR) is 65.6 cm³/mol. The van der Waals surface area contributed by atoms with Crippen LogP contribution in [0.3, 0.4) is 0 Å². The van der Waals surface area contributed by atoms with Crippen LogP contribution in [0.4, 0.5) is 5.82 Å². The summed E-state index contributed by atoms with van der Waals surface area (Å²) in [5.41, 5.74) is 0.00321. The molecule has 1 aromatic heterocycles. The van der Waals surface area contributed by atoms with E-state index in [-0.39, 0.29) is 11.2 Å². The fraction of sp³-hybridized carbons (Fsp3) is 0.667. The van der Waals surface area contributed by atoms with Crippen molar-refractivity contribution in [3.05, 3.63) is 21.7 Å². The highest BCUT2D eigenvalue weighted by atomic mass is 35.5. The number of anilines is 1. The first-order valence-corrected chi connectivity index (χ1v) is 6.64. The number of piperidine rings is 1. The quantitative estimate of drug-likeness (QED) is 0.660. The van der Waals surface area contributed by atoms with Gasteiger partial charge >= 0.3 is 5.69 Å². The number of hydrogen-bond acceptors (Lipinski definition) is 3. The van der Waals surface area contributed by atoms with Gasteiger partial charge in [0, 0.05) is 12.1 Å². The van der Waals surface area contributed by atoms with Gasteiger partial charge in [-0.2, -0.15) is 4.98 Å². The minimum absolute atomic E-state index is 0.193. The van der Waals surface area contributed by atoms with E-state index in [1.54, 1.807) is 0 Å². The number of fused-ring (bicyclic) bond motifs is 1. The number of halogens is 1. The maximum Gasteiger partial charge on any atom is 0.350 e. The lowest BCUT2D eigenvalue weighted by atomic mass is 9.90. The summed E-state index contributed by atoms with van der Waals surface area (Å²) in [6, 6.07) is 2.46. The van der Waals surface area contributed by atoms with Crippen molar-refractivity contribution in [2.45, 2.75) is 50.2 Å². The molecule has 2 atom stereocenters. The SMILES string of the molecule is O=c1nc(Cl)cc2n1CC13CCCC(CC1)N23. The molecule has 3 aliphatic heterocycles. The van der Waals surface area contributed by atoms with Gasteiger partial charge in [0.2, 0.25) is 0 Å². The van der Waals surface area contributed by atoms with Gasteiger partial charge in [-0.05, 0) is 32.1 Å². The number of aromatic nitrogens is 2. The van der Waals surface area contributed by atoms with Crippen LogP contribution in [0.2, 0.25) is 5.15 Å². The molecule has 2 fully saturated rings. The van der Waals surface area contributed by atoms with Gasteiger partial charge in [0.05, 0.1) is 12.1 Å². The molecule has 2 unspecified atom stereocenters. The lowest BCUT2D eigenvalue weighted by molar-refractivity contribution is 0.329. The molecule has 4 nitrogen and oxygen atoms in total. The molecule has 1 aromatic rings. The Kier molecular flexibility index (Phi) is 1.78. The Morgan fingerprint density at radius 1 is 1.41 bits per heavy atom. The summed E-state index contributed by atoms with van der Waals surface area (Å²) in [4.78, 5) is 18.2. The van der Waals surface area contributed by atoms with Crippen LogP contribution in [0.1, 0.15) is 32.1 Å². The van der Waals surface area contributed by atoms with E-state index < -0.39 is 0 Å². The second-order valence-corrected chi connectivity index (χ2v) is 5.87. The average Bonchev–Trinajstić information content (AvgIpc) is 2.71. The van der Waals surface area contributed by atoms with Crippen LogP contribution < -0.4 is 10.6 Å². The largest absolute Gasteiger partial charge is 0.350 e. The Labute approximate surface area is 104 Å². The van der Waals surface area contributed by atoms with Crippen LogP contribution in [0, 0.1) is 0 Å². The molecule has 0 amide bonds. The third-order valence-corrected chi connectivity index (χ3v) is 4.85. The first kappa shape index (κ1) is 9.95. The van der Waals surface area contributed by atoms with Crippen molar-refractivity contribution in [1.29, 1.82) is 0 Å². The second-order valence-electron chi connectivity index (χ2n) is 5.48. The molecule has 3 aliphatic rings. The van der Waals surface area contributed by atoms with E-state index in [1.165, 1.54) is 32.1 Å². The van der Waals surface area contributed by atoms with Gasteiger partial charge in [0.1, 0.15) is 11.0 Å². The molecule has 0 N–H and O–H groups in total. The van der Waals surface area contributed by atoms with Crippen molar-refractivity contribution >= 4 is 17.4 Å². The van der Waals surface area contributed by atoms with Gasteiger partial charge < -0.3 is 4.90 Å². The van der Waals surface area contributed by atoms with Gasteiger partial charge in [-0.3, -0.25) is 4.57 Å². The van der Waals surface area contributed by atoms with Crippen molar-refractivity contribution in [2.75, 3.05) is 4.90 Å². The van der Waals surface area contributed by atoms with Crippen LogP contribution in [-0.2, 0) is 6.54 Å².